The van der Waals surface area contributed by atoms with Crippen molar-refractivity contribution in [1.82, 2.24) is 0 Å². The molecule has 0 aliphatic heterocycles. The van der Waals surface area contributed by atoms with E-state index in [9.17, 15) is 0 Å². The van der Waals surface area contributed by atoms with Crippen molar-refractivity contribution in [3.05, 3.63) is 40.6 Å². The smallest absolute Gasteiger partial charge is 0.195 e. The molecule has 0 N–H and O–H groups in total. The highest BCUT2D eigenvalue weighted by molar-refractivity contribution is 7.17. The molecule has 0 saturated carbocycles. The lowest BCUT2D eigenvalue weighted by atomic mass is 10.1. The number of hydrogen-bond donors (Lipinski definition) is 0. The zero-order chi connectivity index (χ0) is 9.26. The number of hydrogen-bond acceptors (Lipinski definition) is 2. The Morgan fingerprint density at radius 2 is 2.23 bits per heavy atom. The summed E-state index contributed by atoms with van der Waals surface area (Å²) in [7, 11) is 0. The highest BCUT2D eigenvalue weighted by atomic mass is 32.1. The molecule has 0 atom stereocenters. The van der Waals surface area contributed by atoms with Crippen LogP contribution in [-0.4, -0.2) is 0 Å². The lowest BCUT2D eigenvalue weighted by molar-refractivity contribution is 1.51. The fraction of sp³-hybridized carbons (Fsp3) is 0. The maximum absolute atomic E-state index is 8.80. The van der Waals surface area contributed by atoms with E-state index in [0.29, 0.717) is 11.3 Å². The summed E-state index contributed by atoms with van der Waals surface area (Å²) in [5.74, 6) is 0. The van der Waals surface area contributed by atoms with E-state index in [0.717, 1.165) is 10.1 Å². The molecule has 1 aromatic carbocycles. The van der Waals surface area contributed by atoms with Gasteiger partial charge in [-0.25, -0.2) is 4.85 Å². The lowest BCUT2D eigenvalue weighted by Crippen LogP contribution is -1.72. The number of benzene rings is 1. The van der Waals surface area contributed by atoms with Gasteiger partial charge >= 0.3 is 0 Å². The zero-order valence-electron chi connectivity index (χ0n) is 6.61. The van der Waals surface area contributed by atoms with Gasteiger partial charge in [0.05, 0.1) is 12.1 Å². The average molecular weight is 184 g/mol. The van der Waals surface area contributed by atoms with E-state index in [4.69, 9.17) is 11.8 Å². The summed E-state index contributed by atoms with van der Waals surface area (Å²) < 4.78 is 0.913. The van der Waals surface area contributed by atoms with Crippen LogP contribution in [0, 0.1) is 17.9 Å². The molecule has 2 rings (SSSR count). The van der Waals surface area contributed by atoms with Gasteiger partial charge in [0.1, 0.15) is 6.07 Å². The van der Waals surface area contributed by atoms with Crippen LogP contribution in [0.4, 0.5) is 5.69 Å². The van der Waals surface area contributed by atoms with Gasteiger partial charge in [0, 0.05) is 4.70 Å². The second-order valence-corrected chi connectivity index (χ2v) is 3.44. The van der Waals surface area contributed by atoms with E-state index >= 15 is 0 Å². The number of thiophene rings is 1. The number of fused-ring (bicyclic) bond motifs is 1. The summed E-state index contributed by atoms with van der Waals surface area (Å²) in [6, 6.07) is 7.39. The Balaban J connectivity index is 2.93. The molecule has 0 bridgehead atoms. The van der Waals surface area contributed by atoms with Crippen molar-refractivity contribution in [2.24, 2.45) is 0 Å². The first-order chi connectivity index (χ1) is 6.36. The number of nitriles is 1. The molecule has 2 nitrogen and oxygen atoms in total. The third kappa shape index (κ3) is 1.07. The van der Waals surface area contributed by atoms with Crippen LogP contribution in [0.1, 0.15) is 5.56 Å². The summed E-state index contributed by atoms with van der Waals surface area (Å²) >= 11 is 1.50. The standard InChI is InChI=1S/C10H4N2S/c1-12-9-3-2-7(6-11)10-8(9)4-5-13-10/h2-5H. The van der Waals surface area contributed by atoms with E-state index in [1.165, 1.54) is 11.3 Å². The summed E-state index contributed by atoms with van der Waals surface area (Å²) in [5.41, 5.74) is 1.27. The van der Waals surface area contributed by atoms with Crippen molar-refractivity contribution in [2.75, 3.05) is 0 Å². The SMILES string of the molecule is [C-]#[N+]c1ccc(C#N)c2sccc12. The van der Waals surface area contributed by atoms with E-state index in [1.54, 1.807) is 12.1 Å². The fourth-order valence-electron chi connectivity index (χ4n) is 1.23. The van der Waals surface area contributed by atoms with E-state index in [-0.39, 0.29) is 0 Å². The van der Waals surface area contributed by atoms with Gasteiger partial charge in [-0.2, -0.15) is 5.26 Å². The van der Waals surface area contributed by atoms with Crippen molar-refractivity contribution >= 4 is 27.1 Å². The van der Waals surface area contributed by atoms with Crippen LogP contribution in [0.15, 0.2) is 23.6 Å². The van der Waals surface area contributed by atoms with Crippen molar-refractivity contribution in [1.29, 1.82) is 5.26 Å². The van der Waals surface area contributed by atoms with Crippen molar-refractivity contribution in [3.8, 4) is 6.07 Å². The first kappa shape index (κ1) is 7.79. The average Bonchev–Trinajstić information content (AvgIpc) is 2.64. The first-order valence-corrected chi connectivity index (χ1v) is 4.52. The summed E-state index contributed by atoms with van der Waals surface area (Å²) in [4.78, 5) is 3.39. The third-order valence-electron chi connectivity index (χ3n) is 1.83. The zero-order valence-corrected chi connectivity index (χ0v) is 7.43. The van der Waals surface area contributed by atoms with E-state index in [2.05, 4.69) is 10.9 Å². The predicted molar refractivity (Wildman–Crippen MR) is 52.8 cm³/mol. The molecule has 0 saturated heterocycles. The Morgan fingerprint density at radius 3 is 2.92 bits per heavy atom. The minimum absolute atomic E-state index is 0.621. The van der Waals surface area contributed by atoms with Crippen LogP contribution in [0.25, 0.3) is 14.9 Å². The highest BCUT2D eigenvalue weighted by Gasteiger charge is 2.05. The van der Waals surface area contributed by atoms with Crippen molar-refractivity contribution in [3.63, 3.8) is 0 Å². The minimum atomic E-state index is 0.621. The van der Waals surface area contributed by atoms with E-state index in [1.807, 2.05) is 11.4 Å². The molecule has 60 valence electrons. The molecule has 0 aliphatic rings. The Kier molecular flexibility index (Phi) is 1.73. The van der Waals surface area contributed by atoms with Gasteiger partial charge in [0.2, 0.25) is 0 Å². The van der Waals surface area contributed by atoms with Crippen LogP contribution in [0.5, 0.6) is 0 Å². The lowest BCUT2D eigenvalue weighted by Gasteiger charge is -1.94. The molecule has 0 fully saturated rings. The number of rotatable bonds is 0. The maximum atomic E-state index is 8.80. The molecule has 1 heterocycles. The van der Waals surface area contributed by atoms with Gasteiger partial charge in [-0.3, -0.25) is 0 Å². The Labute approximate surface area is 79.5 Å². The largest absolute Gasteiger partial charge is 0.237 e. The van der Waals surface area contributed by atoms with E-state index < -0.39 is 0 Å². The molecular weight excluding hydrogens is 180 g/mol. The molecule has 2 aromatic rings. The van der Waals surface area contributed by atoms with Crippen LogP contribution >= 0.6 is 11.3 Å². The summed E-state index contributed by atoms with van der Waals surface area (Å²) in [6.07, 6.45) is 0. The Morgan fingerprint density at radius 1 is 1.38 bits per heavy atom. The quantitative estimate of drug-likeness (QED) is 0.577. The molecule has 0 aliphatic carbocycles. The summed E-state index contributed by atoms with van der Waals surface area (Å²) in [5, 5.41) is 11.6. The monoisotopic (exact) mass is 184 g/mol. The minimum Gasteiger partial charge on any atom is -0.237 e. The van der Waals surface area contributed by atoms with Crippen LogP contribution in [0.3, 0.4) is 0 Å². The van der Waals surface area contributed by atoms with Gasteiger partial charge in [0.15, 0.2) is 5.69 Å². The molecule has 0 unspecified atom stereocenters. The fourth-order valence-corrected chi connectivity index (χ4v) is 2.11. The predicted octanol–water partition coefficient (Wildman–Crippen LogP) is 3.32. The van der Waals surface area contributed by atoms with Crippen molar-refractivity contribution < 1.29 is 0 Å². The highest BCUT2D eigenvalue weighted by Crippen LogP contribution is 2.32. The van der Waals surface area contributed by atoms with Gasteiger partial charge in [-0.1, -0.05) is 18.2 Å². The Hall–Kier alpha value is -1.84. The Bertz CT molecular complexity index is 492. The first-order valence-electron chi connectivity index (χ1n) is 3.64. The van der Waals surface area contributed by atoms with Crippen LogP contribution < -0.4 is 0 Å². The number of nitrogens with zero attached hydrogens (tertiary/aromatic N) is 2. The molecule has 0 amide bonds. The topological polar surface area (TPSA) is 28.1 Å². The molecular formula is C10H4N2S. The van der Waals surface area contributed by atoms with Crippen LogP contribution in [0.2, 0.25) is 0 Å². The van der Waals surface area contributed by atoms with Crippen molar-refractivity contribution in [2.45, 2.75) is 0 Å². The maximum Gasteiger partial charge on any atom is 0.195 e. The molecule has 0 radical (unpaired) electrons. The van der Waals surface area contributed by atoms with Gasteiger partial charge < -0.3 is 0 Å². The summed E-state index contributed by atoms with van der Waals surface area (Å²) in [6.45, 7) is 6.94. The molecule has 0 spiro atoms. The molecule has 1 aromatic heterocycles. The molecule has 13 heavy (non-hydrogen) atoms. The second-order valence-electron chi connectivity index (χ2n) is 2.52. The second kappa shape index (κ2) is 2.90. The molecule has 3 heteroatoms. The van der Waals surface area contributed by atoms with Gasteiger partial charge in [0.25, 0.3) is 0 Å². The van der Waals surface area contributed by atoms with Gasteiger partial charge in [-0.15, -0.1) is 11.3 Å². The van der Waals surface area contributed by atoms with Gasteiger partial charge in [-0.05, 0) is 10.8 Å². The third-order valence-corrected chi connectivity index (χ3v) is 2.78. The van der Waals surface area contributed by atoms with Crippen LogP contribution in [-0.2, 0) is 0 Å². The normalized spacial score (nSPS) is 9.38.